The van der Waals surface area contributed by atoms with Crippen LogP contribution in [-0.2, 0) is 28.0 Å². The normalized spacial score (nSPS) is 22.8. The van der Waals surface area contributed by atoms with Crippen LogP contribution in [0.5, 0.6) is 0 Å². The molecule has 0 spiro atoms. The van der Waals surface area contributed by atoms with E-state index in [1.807, 2.05) is 13.8 Å². The maximum Gasteiger partial charge on any atom is 0.706 e. The van der Waals surface area contributed by atoms with Crippen molar-refractivity contribution >= 4 is 53.7 Å². The second kappa shape index (κ2) is 9.29. The second-order valence-electron chi connectivity index (χ2n) is 8.37. The monoisotopic (exact) mass is 486 g/mol. The van der Waals surface area contributed by atoms with Crippen LogP contribution in [0.25, 0.3) is 0 Å². The second-order valence-corrected chi connectivity index (χ2v) is 9.22. The van der Waals surface area contributed by atoms with Crippen LogP contribution < -0.4 is 10.6 Å². The van der Waals surface area contributed by atoms with Crippen molar-refractivity contribution in [2.24, 2.45) is 5.92 Å². The summed E-state index contributed by atoms with van der Waals surface area (Å²) in [5, 5.41) is 5.77. The highest BCUT2D eigenvalue weighted by Crippen LogP contribution is 2.42. The van der Waals surface area contributed by atoms with Crippen LogP contribution in [0, 0.1) is 5.92 Å². The fourth-order valence-electron chi connectivity index (χ4n) is 4.12. The Bertz CT molecular complexity index is 934. The Labute approximate surface area is 195 Å². The zero-order valence-corrected chi connectivity index (χ0v) is 19.7. The van der Waals surface area contributed by atoms with Crippen LogP contribution in [-0.4, -0.2) is 55.2 Å². The topological polar surface area (TPSA) is 114 Å². The number of hydrogen-bond donors (Lipinski definition) is 2. The molecule has 0 saturated carbocycles. The summed E-state index contributed by atoms with van der Waals surface area (Å²) in [4.78, 5) is 49.7. The molecule has 0 unspecified atom stereocenters. The molecular formula is C20H25BCl2N2O7. The van der Waals surface area contributed by atoms with Gasteiger partial charge in [0.2, 0.25) is 18.1 Å². The van der Waals surface area contributed by atoms with E-state index in [0.717, 1.165) is 0 Å². The number of carbonyl (C=O) groups is 4. The van der Waals surface area contributed by atoms with Crippen molar-refractivity contribution in [3.05, 3.63) is 33.8 Å². The molecule has 0 bridgehead atoms. The number of carbonyl (C=O) groups excluding carboxylic acids is 4. The first kappa shape index (κ1) is 24.3. The molecule has 2 saturated heterocycles. The lowest BCUT2D eigenvalue weighted by atomic mass is 9.65. The van der Waals surface area contributed by atoms with Crippen LogP contribution in [0.2, 0.25) is 10.0 Å². The summed E-state index contributed by atoms with van der Waals surface area (Å²) < 4.78 is 13.7. The van der Waals surface area contributed by atoms with E-state index in [4.69, 9.17) is 32.5 Å². The lowest BCUT2D eigenvalue weighted by molar-refractivity contribution is -0.154. The van der Waals surface area contributed by atoms with Gasteiger partial charge in [0.05, 0.1) is 23.1 Å². The first-order chi connectivity index (χ1) is 15.0. The standard InChI is InChI=1S/C20H25BCl2N2O7/c1-10(2)7-16(21-30-19(28)11(3)32(21)12(4)20(29)31-21)25-17(26)9-24-18(27)14-8-13(22)5-6-15(14)23/h5-6,8,10-12,16H,7,9H2,1-4H3,(H,24,27)(H,25,26)/t11-,12-,16-/m0/s1. The highest BCUT2D eigenvalue weighted by Gasteiger charge is 2.72. The quantitative estimate of drug-likeness (QED) is 0.451. The summed E-state index contributed by atoms with van der Waals surface area (Å²) in [5.74, 6) is -2.98. The van der Waals surface area contributed by atoms with Crippen LogP contribution in [0.15, 0.2) is 18.2 Å². The van der Waals surface area contributed by atoms with Crippen LogP contribution in [0.3, 0.4) is 0 Å². The Morgan fingerprint density at radius 2 is 1.72 bits per heavy atom. The highest BCUT2D eigenvalue weighted by molar-refractivity contribution is 6.70. The van der Waals surface area contributed by atoms with E-state index in [1.165, 1.54) is 12.1 Å². The van der Waals surface area contributed by atoms with Gasteiger partial charge in [-0.2, -0.15) is 0 Å². The molecule has 2 amide bonds. The Balaban J connectivity index is 1.75. The third kappa shape index (κ3) is 4.58. The van der Waals surface area contributed by atoms with Gasteiger partial charge in [0.1, 0.15) is 0 Å². The number of halogens is 2. The third-order valence-electron chi connectivity index (χ3n) is 5.57. The van der Waals surface area contributed by atoms with Gasteiger partial charge in [-0.15, -0.1) is 0 Å². The van der Waals surface area contributed by atoms with Gasteiger partial charge in [-0.3, -0.25) is 9.59 Å². The van der Waals surface area contributed by atoms with Crippen molar-refractivity contribution in [2.75, 3.05) is 6.54 Å². The molecule has 1 aromatic rings. The fourth-order valence-corrected chi connectivity index (χ4v) is 4.50. The predicted octanol–water partition coefficient (Wildman–Crippen LogP) is 2.18. The Kier molecular flexibility index (Phi) is 7.07. The molecule has 1 aromatic carbocycles. The molecule has 2 fully saturated rings. The molecule has 0 radical (unpaired) electrons. The van der Waals surface area contributed by atoms with Crippen molar-refractivity contribution in [3.8, 4) is 0 Å². The van der Waals surface area contributed by atoms with E-state index >= 15 is 0 Å². The molecule has 2 heterocycles. The van der Waals surface area contributed by atoms with E-state index in [2.05, 4.69) is 14.9 Å². The van der Waals surface area contributed by atoms with Gasteiger partial charge < -0.3 is 24.2 Å². The van der Waals surface area contributed by atoms with Crippen LogP contribution in [0.1, 0.15) is 44.5 Å². The Morgan fingerprint density at radius 1 is 1.12 bits per heavy atom. The maximum absolute atomic E-state index is 12.7. The molecule has 174 valence electrons. The summed E-state index contributed by atoms with van der Waals surface area (Å²) in [7, 11) is 0. The summed E-state index contributed by atoms with van der Waals surface area (Å²) in [6.45, 7) is 4.01. The fraction of sp³-hybridized carbons (Fsp3) is 0.500. The van der Waals surface area contributed by atoms with Gasteiger partial charge in [-0.1, -0.05) is 37.0 Å². The Hall–Kier alpha value is -2.30. The lowest BCUT2D eigenvalue weighted by Crippen LogP contribution is -2.63. The molecule has 0 aromatic heterocycles. The van der Waals surface area contributed by atoms with Gasteiger partial charge in [0.15, 0.2) is 0 Å². The van der Waals surface area contributed by atoms with Crippen molar-refractivity contribution < 1.29 is 32.8 Å². The first-order valence-electron chi connectivity index (χ1n) is 10.3. The van der Waals surface area contributed by atoms with Crippen molar-refractivity contribution in [1.82, 2.24) is 10.6 Å². The minimum atomic E-state index is -2.65. The molecule has 2 aliphatic rings. The van der Waals surface area contributed by atoms with Gasteiger partial charge in [0.25, 0.3) is 5.91 Å². The summed E-state index contributed by atoms with van der Waals surface area (Å²) in [5.41, 5.74) is 0.132. The summed E-state index contributed by atoms with van der Waals surface area (Å²) in [6, 6.07) is 4.42. The number of rotatable bonds is 7. The zero-order valence-electron chi connectivity index (χ0n) is 18.1. The van der Waals surface area contributed by atoms with Crippen molar-refractivity contribution in [3.63, 3.8) is 0 Å². The molecule has 0 aliphatic carbocycles. The van der Waals surface area contributed by atoms with Crippen molar-refractivity contribution in [2.45, 2.75) is 52.3 Å². The number of hydrogen-bond acceptors (Lipinski definition) is 6. The molecule has 12 heteroatoms. The van der Waals surface area contributed by atoms with E-state index in [0.29, 0.717) is 11.4 Å². The van der Waals surface area contributed by atoms with E-state index in [9.17, 15) is 19.2 Å². The van der Waals surface area contributed by atoms with E-state index in [1.54, 1.807) is 19.9 Å². The smallest absolute Gasteiger partial charge is 0.577 e. The number of benzene rings is 1. The largest absolute Gasteiger partial charge is 0.706 e. The van der Waals surface area contributed by atoms with E-state index < -0.39 is 48.7 Å². The van der Waals surface area contributed by atoms with Gasteiger partial charge in [0, 0.05) is 18.9 Å². The SMILES string of the molecule is CC(C)C[C@H](NC(=O)CNC(=O)c1cc(Cl)ccc1Cl)[B-]12OC(=O)[C@H](C)[O+]1[C@@H](C)C(=O)O2. The third-order valence-corrected chi connectivity index (χ3v) is 6.13. The molecule has 3 atom stereocenters. The summed E-state index contributed by atoms with van der Waals surface area (Å²) in [6.07, 6.45) is -1.18. The summed E-state index contributed by atoms with van der Waals surface area (Å²) >= 11 is 11.9. The predicted molar refractivity (Wildman–Crippen MR) is 118 cm³/mol. The van der Waals surface area contributed by atoms with Crippen LogP contribution >= 0.6 is 23.2 Å². The molecule has 2 N–H and O–H groups in total. The highest BCUT2D eigenvalue weighted by atomic mass is 35.5. The molecular weight excluding hydrogens is 462 g/mol. The zero-order chi connectivity index (χ0) is 23.8. The number of fused-ring (bicyclic) bond motifs is 1. The number of nitrogens with one attached hydrogen (secondary N) is 2. The molecule has 9 nitrogen and oxygen atoms in total. The van der Waals surface area contributed by atoms with E-state index in [-0.39, 0.29) is 23.0 Å². The molecule has 2 aliphatic heterocycles. The minimum Gasteiger partial charge on any atom is -0.577 e. The number of amides is 2. The lowest BCUT2D eigenvalue weighted by Gasteiger charge is -2.38. The maximum atomic E-state index is 12.7. The average molecular weight is 487 g/mol. The molecule has 32 heavy (non-hydrogen) atoms. The van der Waals surface area contributed by atoms with Gasteiger partial charge in [-0.05, 0) is 30.5 Å². The van der Waals surface area contributed by atoms with Gasteiger partial charge >= 0.3 is 18.7 Å². The van der Waals surface area contributed by atoms with Crippen molar-refractivity contribution in [1.29, 1.82) is 0 Å². The molecule has 3 rings (SSSR count). The minimum absolute atomic E-state index is 0.0723. The van der Waals surface area contributed by atoms with Gasteiger partial charge in [-0.25, -0.2) is 9.59 Å². The first-order valence-corrected chi connectivity index (χ1v) is 11.1. The Morgan fingerprint density at radius 3 is 2.28 bits per heavy atom. The van der Waals surface area contributed by atoms with Crippen LogP contribution in [0.4, 0.5) is 0 Å². The average Bonchev–Trinajstić information content (AvgIpc) is 3.11.